The lowest BCUT2D eigenvalue weighted by molar-refractivity contribution is 0.415. The molecule has 1 heterocycles. The Morgan fingerprint density at radius 2 is 2.06 bits per heavy atom. The second kappa shape index (κ2) is 5.41. The fraction of sp³-hybridized carbons (Fsp3) is 0.231. The highest BCUT2D eigenvalue weighted by Crippen LogP contribution is 2.21. The molecule has 0 fully saturated rings. The van der Waals surface area contributed by atoms with Gasteiger partial charge in [-0.25, -0.2) is 0 Å². The van der Waals surface area contributed by atoms with Crippen molar-refractivity contribution in [2.24, 2.45) is 5.73 Å². The van der Waals surface area contributed by atoms with E-state index in [0.717, 1.165) is 17.0 Å². The van der Waals surface area contributed by atoms with Gasteiger partial charge in [0.1, 0.15) is 5.75 Å². The van der Waals surface area contributed by atoms with Crippen molar-refractivity contribution in [2.75, 3.05) is 19.0 Å². The summed E-state index contributed by atoms with van der Waals surface area (Å²) in [4.78, 5) is 0. The highest BCUT2D eigenvalue weighted by Gasteiger charge is 2.10. The van der Waals surface area contributed by atoms with Gasteiger partial charge in [0.15, 0.2) is 0 Å². The Bertz CT molecular complexity index is 437. The van der Waals surface area contributed by atoms with E-state index in [2.05, 4.69) is 5.32 Å². The molecule has 90 valence electrons. The molecule has 3 N–H and O–H groups in total. The molecule has 0 aliphatic rings. The van der Waals surface area contributed by atoms with Crippen LogP contribution in [-0.2, 0) is 0 Å². The fourth-order valence-corrected chi connectivity index (χ4v) is 1.64. The average molecular weight is 232 g/mol. The van der Waals surface area contributed by atoms with Gasteiger partial charge in [-0.1, -0.05) is 0 Å². The first-order chi connectivity index (χ1) is 8.33. The number of methoxy groups -OCH3 is 1. The van der Waals surface area contributed by atoms with Crippen LogP contribution in [0.5, 0.6) is 5.75 Å². The summed E-state index contributed by atoms with van der Waals surface area (Å²) in [7, 11) is 1.65. The van der Waals surface area contributed by atoms with Crippen molar-refractivity contribution in [1.29, 1.82) is 0 Å². The smallest absolute Gasteiger partial charge is 0.119 e. The minimum atomic E-state index is 0.0575. The van der Waals surface area contributed by atoms with Crippen molar-refractivity contribution in [2.45, 2.75) is 6.04 Å². The zero-order valence-electron chi connectivity index (χ0n) is 9.72. The molecule has 4 nitrogen and oxygen atoms in total. The normalized spacial score (nSPS) is 12.1. The maximum absolute atomic E-state index is 5.74. The molecule has 0 saturated heterocycles. The van der Waals surface area contributed by atoms with Crippen LogP contribution < -0.4 is 15.8 Å². The molecule has 2 aromatic rings. The van der Waals surface area contributed by atoms with Crippen molar-refractivity contribution in [3.05, 3.63) is 48.4 Å². The predicted molar refractivity (Wildman–Crippen MR) is 67.1 cm³/mol. The van der Waals surface area contributed by atoms with E-state index >= 15 is 0 Å². The summed E-state index contributed by atoms with van der Waals surface area (Å²) >= 11 is 0. The third kappa shape index (κ3) is 2.79. The second-order valence-corrected chi connectivity index (χ2v) is 3.72. The summed E-state index contributed by atoms with van der Waals surface area (Å²) in [5.74, 6) is 0.836. The van der Waals surface area contributed by atoms with Crippen LogP contribution in [0.15, 0.2) is 47.3 Å². The first kappa shape index (κ1) is 11.5. The fourth-order valence-electron chi connectivity index (χ4n) is 1.64. The summed E-state index contributed by atoms with van der Waals surface area (Å²) < 4.78 is 10.2. The van der Waals surface area contributed by atoms with Crippen molar-refractivity contribution in [1.82, 2.24) is 0 Å². The van der Waals surface area contributed by atoms with E-state index in [9.17, 15) is 0 Å². The highest BCUT2D eigenvalue weighted by molar-refractivity contribution is 5.48. The molecular weight excluding hydrogens is 216 g/mol. The van der Waals surface area contributed by atoms with E-state index in [1.54, 1.807) is 19.6 Å². The standard InChI is InChI=1S/C13H16N2O2/c1-16-12-4-2-11(3-5-12)15-13(8-14)10-6-7-17-9-10/h2-7,9,13,15H,8,14H2,1H3. The van der Waals surface area contributed by atoms with Crippen molar-refractivity contribution in [3.63, 3.8) is 0 Å². The molecule has 0 bridgehead atoms. The van der Waals surface area contributed by atoms with E-state index in [-0.39, 0.29) is 6.04 Å². The van der Waals surface area contributed by atoms with Gasteiger partial charge in [0.05, 0.1) is 25.7 Å². The molecule has 1 aromatic heterocycles. The molecule has 0 aliphatic heterocycles. The van der Waals surface area contributed by atoms with Crippen LogP contribution in [0, 0.1) is 0 Å². The van der Waals surface area contributed by atoms with Crippen LogP contribution >= 0.6 is 0 Å². The molecule has 1 atom stereocenters. The summed E-state index contributed by atoms with van der Waals surface area (Å²) in [6.07, 6.45) is 3.35. The van der Waals surface area contributed by atoms with E-state index in [1.165, 1.54) is 0 Å². The van der Waals surface area contributed by atoms with Crippen LogP contribution in [0.1, 0.15) is 11.6 Å². The lowest BCUT2D eigenvalue weighted by atomic mass is 10.1. The highest BCUT2D eigenvalue weighted by atomic mass is 16.5. The number of benzene rings is 1. The van der Waals surface area contributed by atoms with Gasteiger partial charge in [-0.15, -0.1) is 0 Å². The SMILES string of the molecule is COc1ccc(NC(CN)c2ccoc2)cc1. The molecule has 0 saturated carbocycles. The molecule has 0 aliphatic carbocycles. The third-order valence-corrected chi connectivity index (χ3v) is 2.61. The Morgan fingerprint density at radius 3 is 2.59 bits per heavy atom. The monoisotopic (exact) mass is 232 g/mol. The topological polar surface area (TPSA) is 60.4 Å². The van der Waals surface area contributed by atoms with Gasteiger partial charge in [-0.05, 0) is 30.3 Å². The first-order valence-electron chi connectivity index (χ1n) is 5.46. The van der Waals surface area contributed by atoms with E-state index < -0.39 is 0 Å². The number of hydrogen-bond acceptors (Lipinski definition) is 4. The Kier molecular flexibility index (Phi) is 3.67. The lowest BCUT2D eigenvalue weighted by Gasteiger charge is -2.16. The molecule has 4 heteroatoms. The predicted octanol–water partition coefficient (Wildman–Crippen LogP) is 2.40. The minimum Gasteiger partial charge on any atom is -0.497 e. The van der Waals surface area contributed by atoms with Gasteiger partial charge < -0.3 is 20.2 Å². The third-order valence-electron chi connectivity index (χ3n) is 2.61. The van der Waals surface area contributed by atoms with Crippen LogP contribution in [0.3, 0.4) is 0 Å². The number of nitrogens with one attached hydrogen (secondary N) is 1. The Balaban J connectivity index is 2.07. The van der Waals surface area contributed by atoms with Gasteiger partial charge in [-0.3, -0.25) is 0 Å². The molecule has 2 rings (SSSR count). The van der Waals surface area contributed by atoms with E-state index in [0.29, 0.717) is 6.54 Å². The lowest BCUT2D eigenvalue weighted by Crippen LogP contribution is -2.19. The summed E-state index contributed by atoms with van der Waals surface area (Å²) in [6.45, 7) is 0.506. The van der Waals surface area contributed by atoms with E-state index in [1.807, 2.05) is 30.3 Å². The number of anilines is 1. The zero-order valence-corrected chi connectivity index (χ0v) is 9.72. The van der Waals surface area contributed by atoms with Gasteiger partial charge in [0.25, 0.3) is 0 Å². The largest absolute Gasteiger partial charge is 0.497 e. The number of furan rings is 1. The molecule has 0 spiro atoms. The number of hydrogen-bond donors (Lipinski definition) is 2. The number of nitrogens with two attached hydrogens (primary N) is 1. The molecule has 17 heavy (non-hydrogen) atoms. The Morgan fingerprint density at radius 1 is 1.29 bits per heavy atom. The van der Waals surface area contributed by atoms with Gasteiger partial charge in [0, 0.05) is 17.8 Å². The first-order valence-corrected chi connectivity index (χ1v) is 5.46. The van der Waals surface area contributed by atoms with E-state index in [4.69, 9.17) is 14.9 Å². The van der Waals surface area contributed by atoms with Crippen molar-refractivity contribution >= 4 is 5.69 Å². The van der Waals surface area contributed by atoms with Crippen LogP contribution in [0.2, 0.25) is 0 Å². The van der Waals surface area contributed by atoms with Crippen molar-refractivity contribution in [3.8, 4) is 5.75 Å². The molecule has 0 radical (unpaired) electrons. The Hall–Kier alpha value is -1.94. The van der Waals surface area contributed by atoms with Crippen molar-refractivity contribution < 1.29 is 9.15 Å². The average Bonchev–Trinajstić information content (AvgIpc) is 2.90. The quantitative estimate of drug-likeness (QED) is 0.831. The summed E-state index contributed by atoms with van der Waals surface area (Å²) in [5.41, 5.74) is 7.79. The maximum atomic E-state index is 5.74. The van der Waals surface area contributed by atoms with Crippen LogP contribution in [-0.4, -0.2) is 13.7 Å². The minimum absolute atomic E-state index is 0.0575. The number of ether oxygens (including phenoxy) is 1. The maximum Gasteiger partial charge on any atom is 0.119 e. The number of rotatable bonds is 5. The van der Waals surface area contributed by atoms with Gasteiger partial charge >= 0.3 is 0 Å². The van der Waals surface area contributed by atoms with Gasteiger partial charge in [-0.2, -0.15) is 0 Å². The molecular formula is C13H16N2O2. The second-order valence-electron chi connectivity index (χ2n) is 3.72. The van der Waals surface area contributed by atoms with Crippen LogP contribution in [0.4, 0.5) is 5.69 Å². The van der Waals surface area contributed by atoms with Gasteiger partial charge in [0.2, 0.25) is 0 Å². The Labute approximate surface area is 100 Å². The molecule has 1 unspecified atom stereocenters. The summed E-state index contributed by atoms with van der Waals surface area (Å²) in [6, 6.07) is 9.70. The molecule has 1 aromatic carbocycles. The summed E-state index contributed by atoms with van der Waals surface area (Å²) in [5, 5.41) is 3.34. The zero-order chi connectivity index (χ0) is 12.1. The van der Waals surface area contributed by atoms with Crippen LogP contribution in [0.25, 0.3) is 0 Å². The molecule has 0 amide bonds.